The SMILES string of the molecule is COc1cc(N)c(Cl)cc1C(=O)O.O. The number of hydrogen-bond donors (Lipinski definition) is 2. The number of nitrogens with two attached hydrogens (primary N) is 1. The van der Waals surface area contributed by atoms with Gasteiger partial charge in [-0.2, -0.15) is 0 Å². The summed E-state index contributed by atoms with van der Waals surface area (Å²) in [6.07, 6.45) is 0. The number of ether oxygens (including phenoxy) is 1. The van der Waals surface area contributed by atoms with Crippen LogP contribution in [0.4, 0.5) is 5.69 Å². The van der Waals surface area contributed by atoms with Crippen molar-refractivity contribution < 1.29 is 20.1 Å². The van der Waals surface area contributed by atoms with Gasteiger partial charge in [0.05, 0.1) is 17.8 Å². The van der Waals surface area contributed by atoms with Crippen LogP contribution in [0.25, 0.3) is 0 Å². The van der Waals surface area contributed by atoms with Crippen molar-refractivity contribution in [3.63, 3.8) is 0 Å². The minimum atomic E-state index is -1.10. The lowest BCUT2D eigenvalue weighted by molar-refractivity contribution is 0.0693. The number of carboxylic acid groups (broad SMARTS) is 1. The highest BCUT2D eigenvalue weighted by atomic mass is 35.5. The van der Waals surface area contributed by atoms with E-state index in [-0.39, 0.29) is 21.8 Å². The standard InChI is InChI=1S/C8H8ClNO3.H2O/c1-13-7-3-6(10)5(9)2-4(7)8(11)12;/h2-3H,10H2,1H3,(H,11,12);1H2. The van der Waals surface area contributed by atoms with Crippen LogP contribution in [0.2, 0.25) is 5.02 Å². The quantitative estimate of drug-likeness (QED) is 0.718. The molecule has 1 aromatic carbocycles. The van der Waals surface area contributed by atoms with E-state index in [4.69, 9.17) is 27.2 Å². The molecule has 0 spiro atoms. The molecule has 0 heterocycles. The van der Waals surface area contributed by atoms with Gasteiger partial charge in [-0.15, -0.1) is 0 Å². The van der Waals surface area contributed by atoms with Gasteiger partial charge in [0.25, 0.3) is 0 Å². The summed E-state index contributed by atoms with van der Waals surface area (Å²) in [5.74, 6) is -0.895. The van der Waals surface area contributed by atoms with Crippen LogP contribution in [-0.4, -0.2) is 23.7 Å². The Morgan fingerprint density at radius 1 is 1.57 bits per heavy atom. The predicted octanol–water partition coefficient (Wildman–Crippen LogP) is 0.804. The van der Waals surface area contributed by atoms with Crippen molar-refractivity contribution in [3.8, 4) is 5.75 Å². The van der Waals surface area contributed by atoms with Crippen molar-refractivity contribution in [2.75, 3.05) is 12.8 Å². The lowest BCUT2D eigenvalue weighted by Crippen LogP contribution is -2.01. The van der Waals surface area contributed by atoms with Crippen LogP contribution in [-0.2, 0) is 0 Å². The number of nitrogen functional groups attached to an aromatic ring is 1. The summed E-state index contributed by atoms with van der Waals surface area (Å²) < 4.78 is 4.82. The van der Waals surface area contributed by atoms with Crippen molar-refractivity contribution in [2.45, 2.75) is 0 Å². The summed E-state index contributed by atoms with van der Waals surface area (Å²) in [6.45, 7) is 0. The molecule has 78 valence electrons. The number of anilines is 1. The normalized spacial score (nSPS) is 9.00. The number of methoxy groups -OCH3 is 1. The fourth-order valence-corrected chi connectivity index (χ4v) is 1.07. The molecule has 0 amide bonds. The number of hydrogen-bond acceptors (Lipinski definition) is 3. The zero-order chi connectivity index (χ0) is 10.0. The monoisotopic (exact) mass is 219 g/mol. The minimum Gasteiger partial charge on any atom is -0.496 e. The van der Waals surface area contributed by atoms with Crippen molar-refractivity contribution in [2.24, 2.45) is 0 Å². The molecule has 0 bridgehead atoms. The Balaban J connectivity index is 0.00000169. The van der Waals surface area contributed by atoms with Crippen LogP contribution in [0.1, 0.15) is 10.4 Å². The van der Waals surface area contributed by atoms with Gasteiger partial charge in [0.1, 0.15) is 11.3 Å². The van der Waals surface area contributed by atoms with E-state index in [2.05, 4.69) is 0 Å². The second-order valence-corrected chi connectivity index (χ2v) is 2.79. The molecular weight excluding hydrogens is 210 g/mol. The van der Waals surface area contributed by atoms with Gasteiger partial charge in [0.15, 0.2) is 0 Å². The van der Waals surface area contributed by atoms with Crippen LogP contribution in [0.5, 0.6) is 5.75 Å². The van der Waals surface area contributed by atoms with E-state index in [0.717, 1.165) is 0 Å². The molecule has 5 nitrogen and oxygen atoms in total. The topological polar surface area (TPSA) is 104 Å². The molecule has 1 rings (SSSR count). The van der Waals surface area contributed by atoms with E-state index in [1.54, 1.807) is 0 Å². The van der Waals surface area contributed by atoms with Gasteiger partial charge in [0.2, 0.25) is 0 Å². The molecule has 6 heteroatoms. The molecule has 5 N–H and O–H groups in total. The van der Waals surface area contributed by atoms with Crippen LogP contribution < -0.4 is 10.5 Å². The summed E-state index contributed by atoms with van der Waals surface area (Å²) in [6, 6.07) is 2.64. The lowest BCUT2D eigenvalue weighted by Gasteiger charge is -2.06. The number of benzene rings is 1. The molecule has 0 saturated carbocycles. The number of aromatic carboxylic acids is 1. The van der Waals surface area contributed by atoms with E-state index in [0.29, 0.717) is 5.69 Å². The van der Waals surface area contributed by atoms with E-state index in [1.165, 1.54) is 19.2 Å². The van der Waals surface area contributed by atoms with Gasteiger partial charge in [0, 0.05) is 6.07 Å². The third kappa shape index (κ3) is 2.27. The number of carboxylic acids is 1. The third-order valence-corrected chi connectivity index (χ3v) is 1.88. The smallest absolute Gasteiger partial charge is 0.339 e. The first-order valence-electron chi connectivity index (χ1n) is 3.42. The highest BCUT2D eigenvalue weighted by Gasteiger charge is 2.13. The van der Waals surface area contributed by atoms with Crippen LogP contribution in [0.3, 0.4) is 0 Å². The second-order valence-electron chi connectivity index (χ2n) is 2.38. The predicted molar refractivity (Wildman–Crippen MR) is 53.0 cm³/mol. The Kier molecular flexibility index (Phi) is 4.20. The van der Waals surface area contributed by atoms with E-state index in [9.17, 15) is 4.79 Å². The third-order valence-electron chi connectivity index (χ3n) is 1.55. The average molecular weight is 220 g/mol. The summed E-state index contributed by atoms with van der Waals surface area (Å²) in [5, 5.41) is 8.94. The Hall–Kier alpha value is -1.46. The minimum absolute atomic E-state index is 0. The van der Waals surface area contributed by atoms with Crippen LogP contribution in [0.15, 0.2) is 12.1 Å². The van der Waals surface area contributed by atoms with Gasteiger partial charge in [-0.3, -0.25) is 0 Å². The van der Waals surface area contributed by atoms with Crippen molar-refractivity contribution >= 4 is 23.3 Å². The molecule has 0 saturated heterocycles. The first-order valence-corrected chi connectivity index (χ1v) is 3.80. The highest BCUT2D eigenvalue weighted by molar-refractivity contribution is 6.33. The molecule has 0 aliphatic heterocycles. The molecule has 0 atom stereocenters. The Bertz CT molecular complexity index is 353. The Morgan fingerprint density at radius 3 is 2.57 bits per heavy atom. The van der Waals surface area contributed by atoms with Gasteiger partial charge >= 0.3 is 5.97 Å². The zero-order valence-electron chi connectivity index (χ0n) is 7.37. The molecule has 1 aromatic rings. The maximum absolute atomic E-state index is 10.7. The van der Waals surface area contributed by atoms with Crippen LogP contribution in [0, 0.1) is 0 Å². The summed E-state index contributed by atoms with van der Waals surface area (Å²) >= 11 is 5.64. The average Bonchev–Trinajstić information content (AvgIpc) is 2.08. The molecule has 0 aliphatic carbocycles. The van der Waals surface area contributed by atoms with Crippen molar-refractivity contribution in [3.05, 3.63) is 22.7 Å². The van der Waals surface area contributed by atoms with Crippen LogP contribution >= 0.6 is 11.6 Å². The molecule has 0 aromatic heterocycles. The fourth-order valence-electron chi connectivity index (χ4n) is 0.905. The summed E-state index contributed by atoms with van der Waals surface area (Å²) in [7, 11) is 1.37. The molecular formula is C8H10ClNO4. The second kappa shape index (κ2) is 4.69. The molecule has 0 unspecified atom stereocenters. The Morgan fingerprint density at radius 2 is 2.14 bits per heavy atom. The first-order chi connectivity index (χ1) is 6.06. The van der Waals surface area contributed by atoms with E-state index >= 15 is 0 Å². The van der Waals surface area contributed by atoms with Crippen molar-refractivity contribution in [1.29, 1.82) is 0 Å². The summed E-state index contributed by atoms with van der Waals surface area (Å²) in [4.78, 5) is 10.7. The molecule has 0 aliphatic rings. The lowest BCUT2D eigenvalue weighted by atomic mass is 10.2. The van der Waals surface area contributed by atoms with Gasteiger partial charge < -0.3 is 21.1 Å². The largest absolute Gasteiger partial charge is 0.496 e. The molecule has 0 fully saturated rings. The van der Waals surface area contributed by atoms with E-state index in [1.807, 2.05) is 0 Å². The van der Waals surface area contributed by atoms with Gasteiger partial charge in [-0.1, -0.05) is 11.6 Å². The van der Waals surface area contributed by atoms with Gasteiger partial charge in [-0.05, 0) is 6.07 Å². The highest BCUT2D eigenvalue weighted by Crippen LogP contribution is 2.28. The number of halogens is 1. The van der Waals surface area contributed by atoms with E-state index < -0.39 is 5.97 Å². The zero-order valence-corrected chi connectivity index (χ0v) is 8.13. The molecule has 0 radical (unpaired) electrons. The molecule has 14 heavy (non-hydrogen) atoms. The number of carbonyl (C=O) groups is 1. The summed E-state index contributed by atoms with van der Waals surface area (Å²) in [5.41, 5.74) is 5.76. The van der Waals surface area contributed by atoms with Crippen molar-refractivity contribution in [1.82, 2.24) is 0 Å². The Labute approximate surface area is 85.4 Å². The fraction of sp³-hybridized carbons (Fsp3) is 0.125. The van der Waals surface area contributed by atoms with Gasteiger partial charge in [-0.25, -0.2) is 4.79 Å². The first kappa shape index (κ1) is 12.5. The maximum Gasteiger partial charge on any atom is 0.339 e. The maximum atomic E-state index is 10.7. The number of rotatable bonds is 2.